The van der Waals surface area contributed by atoms with E-state index in [0.717, 1.165) is 0 Å². The molecule has 0 unspecified atom stereocenters. The number of benzene rings is 1. The molecule has 1 fully saturated rings. The van der Waals surface area contributed by atoms with Gasteiger partial charge in [-0.2, -0.15) is 0 Å². The third-order valence-corrected chi connectivity index (χ3v) is 5.75. The SMILES string of the molecule is C[C@@H](Oc1ccc(C(C)(C)C)cc1)C(=O)N[C@H]1CCS(=O)(=O)C1. The van der Waals surface area contributed by atoms with E-state index >= 15 is 0 Å². The van der Waals surface area contributed by atoms with Crippen LogP contribution in [-0.2, 0) is 20.0 Å². The monoisotopic (exact) mass is 339 g/mol. The summed E-state index contributed by atoms with van der Waals surface area (Å²) in [6, 6.07) is 7.38. The van der Waals surface area contributed by atoms with Crippen LogP contribution < -0.4 is 10.1 Å². The summed E-state index contributed by atoms with van der Waals surface area (Å²) in [4.78, 5) is 12.1. The third kappa shape index (κ3) is 4.96. The number of ether oxygens (including phenoxy) is 1. The molecule has 0 saturated carbocycles. The second-order valence-corrected chi connectivity index (χ2v) is 9.37. The Morgan fingerprint density at radius 3 is 2.35 bits per heavy atom. The molecule has 1 N–H and O–H groups in total. The van der Waals surface area contributed by atoms with Crippen molar-refractivity contribution in [3.8, 4) is 5.75 Å². The second-order valence-electron chi connectivity index (χ2n) is 7.14. The van der Waals surface area contributed by atoms with Gasteiger partial charge >= 0.3 is 0 Å². The Kier molecular flexibility index (Phi) is 5.04. The molecule has 1 heterocycles. The van der Waals surface area contributed by atoms with Gasteiger partial charge < -0.3 is 10.1 Å². The minimum atomic E-state index is -3.00. The van der Waals surface area contributed by atoms with Gasteiger partial charge in [0.25, 0.3) is 5.91 Å². The van der Waals surface area contributed by atoms with Crippen LogP contribution >= 0.6 is 0 Å². The molecular weight excluding hydrogens is 314 g/mol. The highest BCUT2D eigenvalue weighted by atomic mass is 32.2. The van der Waals surface area contributed by atoms with Crippen molar-refractivity contribution in [3.63, 3.8) is 0 Å². The molecule has 128 valence electrons. The van der Waals surface area contributed by atoms with Crippen LogP contribution in [0.25, 0.3) is 0 Å². The number of hydrogen-bond donors (Lipinski definition) is 1. The molecule has 23 heavy (non-hydrogen) atoms. The molecule has 1 aromatic rings. The van der Waals surface area contributed by atoms with Crippen molar-refractivity contribution >= 4 is 15.7 Å². The predicted octanol–water partition coefficient (Wildman–Crippen LogP) is 2.05. The average molecular weight is 339 g/mol. The van der Waals surface area contributed by atoms with Gasteiger partial charge in [0.1, 0.15) is 5.75 Å². The minimum absolute atomic E-state index is 0.0196. The molecule has 0 radical (unpaired) electrons. The van der Waals surface area contributed by atoms with E-state index in [1.807, 2.05) is 24.3 Å². The number of hydrogen-bond acceptors (Lipinski definition) is 4. The molecule has 0 bridgehead atoms. The maximum Gasteiger partial charge on any atom is 0.261 e. The maximum atomic E-state index is 12.1. The highest BCUT2D eigenvalue weighted by Gasteiger charge is 2.30. The van der Waals surface area contributed by atoms with E-state index in [2.05, 4.69) is 26.1 Å². The molecule has 1 saturated heterocycles. The summed E-state index contributed by atoms with van der Waals surface area (Å²) in [5, 5.41) is 2.75. The van der Waals surface area contributed by atoms with Crippen LogP contribution in [0.15, 0.2) is 24.3 Å². The van der Waals surface area contributed by atoms with Gasteiger partial charge in [-0.25, -0.2) is 8.42 Å². The van der Waals surface area contributed by atoms with Crippen LogP contribution in [0.3, 0.4) is 0 Å². The van der Waals surface area contributed by atoms with E-state index in [1.165, 1.54) is 5.56 Å². The van der Waals surface area contributed by atoms with Gasteiger partial charge in [-0.1, -0.05) is 32.9 Å². The van der Waals surface area contributed by atoms with Crippen molar-refractivity contribution in [1.82, 2.24) is 5.32 Å². The molecule has 5 nitrogen and oxygen atoms in total. The lowest BCUT2D eigenvalue weighted by molar-refractivity contribution is -0.127. The summed E-state index contributed by atoms with van der Waals surface area (Å²) in [5.74, 6) is 0.499. The topological polar surface area (TPSA) is 72.5 Å². The Morgan fingerprint density at radius 2 is 1.87 bits per heavy atom. The molecule has 2 atom stereocenters. The molecule has 6 heteroatoms. The minimum Gasteiger partial charge on any atom is -0.481 e. The summed E-state index contributed by atoms with van der Waals surface area (Å²) in [5.41, 5.74) is 1.26. The van der Waals surface area contributed by atoms with Gasteiger partial charge in [0, 0.05) is 6.04 Å². The van der Waals surface area contributed by atoms with E-state index in [-0.39, 0.29) is 28.9 Å². The molecule has 0 aliphatic carbocycles. The van der Waals surface area contributed by atoms with E-state index in [9.17, 15) is 13.2 Å². The molecule has 2 rings (SSSR count). The molecule has 1 aromatic carbocycles. The fourth-order valence-electron chi connectivity index (χ4n) is 2.52. The number of nitrogens with one attached hydrogen (secondary N) is 1. The zero-order valence-electron chi connectivity index (χ0n) is 14.1. The van der Waals surface area contributed by atoms with Crippen molar-refractivity contribution < 1.29 is 17.9 Å². The predicted molar refractivity (Wildman–Crippen MR) is 90.4 cm³/mol. The van der Waals surface area contributed by atoms with E-state index in [4.69, 9.17) is 4.74 Å². The normalized spacial score (nSPS) is 21.7. The molecule has 0 spiro atoms. The first-order valence-corrected chi connectivity index (χ1v) is 9.67. The highest BCUT2D eigenvalue weighted by molar-refractivity contribution is 7.91. The largest absolute Gasteiger partial charge is 0.481 e. The molecule has 1 amide bonds. The van der Waals surface area contributed by atoms with Crippen molar-refractivity contribution in [2.75, 3.05) is 11.5 Å². The van der Waals surface area contributed by atoms with E-state index < -0.39 is 15.9 Å². The van der Waals surface area contributed by atoms with Crippen molar-refractivity contribution in [2.24, 2.45) is 0 Å². The first-order chi connectivity index (χ1) is 10.6. The fourth-order valence-corrected chi connectivity index (χ4v) is 4.19. The van der Waals surface area contributed by atoms with Gasteiger partial charge in [-0.15, -0.1) is 0 Å². The first-order valence-electron chi connectivity index (χ1n) is 7.85. The molecule has 1 aliphatic heterocycles. The van der Waals surface area contributed by atoms with Crippen LogP contribution in [0.2, 0.25) is 0 Å². The van der Waals surface area contributed by atoms with Crippen LogP contribution in [0.4, 0.5) is 0 Å². The summed E-state index contributed by atoms with van der Waals surface area (Å²) < 4.78 is 28.5. The molecule has 0 aromatic heterocycles. The lowest BCUT2D eigenvalue weighted by Gasteiger charge is -2.20. The van der Waals surface area contributed by atoms with E-state index in [1.54, 1.807) is 6.92 Å². The molecule has 1 aliphatic rings. The zero-order chi connectivity index (χ0) is 17.3. The van der Waals surface area contributed by atoms with Crippen molar-refractivity contribution in [2.45, 2.75) is 51.7 Å². The van der Waals surface area contributed by atoms with Gasteiger partial charge in [0.05, 0.1) is 11.5 Å². The van der Waals surface area contributed by atoms with Crippen LogP contribution in [0, 0.1) is 0 Å². The Morgan fingerprint density at radius 1 is 1.26 bits per heavy atom. The highest BCUT2D eigenvalue weighted by Crippen LogP contribution is 2.24. The Labute approximate surface area is 138 Å². The van der Waals surface area contributed by atoms with Crippen LogP contribution in [0.5, 0.6) is 5.75 Å². The standard InChI is InChI=1S/C17H25NO4S/c1-12(16(19)18-14-9-10-23(20,21)11-14)22-15-7-5-13(6-8-15)17(2,3)4/h5-8,12,14H,9-11H2,1-4H3,(H,18,19)/t12-,14+/m1/s1. The number of rotatable bonds is 4. The lowest BCUT2D eigenvalue weighted by atomic mass is 9.87. The Balaban J connectivity index is 1.91. The maximum absolute atomic E-state index is 12.1. The van der Waals surface area contributed by atoms with Crippen LogP contribution in [0.1, 0.15) is 39.7 Å². The van der Waals surface area contributed by atoms with E-state index in [0.29, 0.717) is 12.2 Å². The summed E-state index contributed by atoms with van der Waals surface area (Å²) >= 11 is 0. The number of carbonyl (C=O) groups is 1. The smallest absolute Gasteiger partial charge is 0.261 e. The van der Waals surface area contributed by atoms with Gasteiger partial charge in [0.2, 0.25) is 0 Å². The van der Waals surface area contributed by atoms with Gasteiger partial charge in [0.15, 0.2) is 15.9 Å². The zero-order valence-corrected chi connectivity index (χ0v) is 14.9. The van der Waals surface area contributed by atoms with Crippen molar-refractivity contribution in [3.05, 3.63) is 29.8 Å². The van der Waals surface area contributed by atoms with Crippen molar-refractivity contribution in [1.29, 1.82) is 0 Å². The number of sulfone groups is 1. The summed E-state index contributed by atoms with van der Waals surface area (Å²) in [6.45, 7) is 8.06. The van der Waals surface area contributed by atoms with Gasteiger partial charge in [-0.05, 0) is 36.5 Å². The number of amides is 1. The quantitative estimate of drug-likeness (QED) is 0.911. The van der Waals surface area contributed by atoms with Crippen LogP contribution in [-0.4, -0.2) is 38.0 Å². The average Bonchev–Trinajstić information content (AvgIpc) is 2.77. The summed E-state index contributed by atoms with van der Waals surface area (Å²) in [7, 11) is -3.00. The first kappa shape index (κ1) is 17.8. The number of carbonyl (C=O) groups excluding carboxylic acids is 1. The second kappa shape index (κ2) is 6.51. The Hall–Kier alpha value is -1.56. The Bertz CT molecular complexity index is 659. The lowest BCUT2D eigenvalue weighted by Crippen LogP contribution is -2.43. The fraction of sp³-hybridized carbons (Fsp3) is 0.588. The van der Waals surface area contributed by atoms with Gasteiger partial charge in [-0.3, -0.25) is 4.79 Å². The summed E-state index contributed by atoms with van der Waals surface area (Å²) in [6.07, 6.45) is -0.194. The third-order valence-electron chi connectivity index (χ3n) is 3.98. The molecular formula is C17H25NO4S.